The molecule has 114 valence electrons. The van der Waals surface area contributed by atoms with Crippen LogP contribution in [0, 0.1) is 11.8 Å². The van der Waals surface area contributed by atoms with E-state index in [9.17, 15) is 4.79 Å². The zero-order chi connectivity index (χ0) is 14.1. The third kappa shape index (κ3) is 2.49. The normalized spacial score (nSPS) is 39.7. The van der Waals surface area contributed by atoms with Crippen molar-refractivity contribution in [2.75, 3.05) is 0 Å². The highest BCUT2D eigenvalue weighted by atomic mass is 16.2. The fraction of sp³-hybridized carbons (Fsp3) is 0.941. The molecule has 2 saturated carbocycles. The average Bonchev–Trinajstić information content (AvgIpc) is 3.08. The van der Waals surface area contributed by atoms with E-state index in [-0.39, 0.29) is 6.04 Å². The number of rotatable bonds is 3. The second-order valence-corrected chi connectivity index (χ2v) is 7.14. The lowest BCUT2D eigenvalue weighted by Crippen LogP contribution is -2.51. The van der Waals surface area contributed by atoms with Crippen LogP contribution in [-0.4, -0.2) is 29.1 Å². The molecule has 2 aliphatic carbocycles. The molecule has 1 saturated heterocycles. The molecule has 3 fully saturated rings. The van der Waals surface area contributed by atoms with E-state index >= 15 is 0 Å². The minimum absolute atomic E-state index is 0.0278. The quantitative estimate of drug-likeness (QED) is 0.859. The first-order valence-corrected chi connectivity index (χ1v) is 8.80. The Morgan fingerprint density at radius 2 is 1.75 bits per heavy atom. The van der Waals surface area contributed by atoms with Gasteiger partial charge in [0.25, 0.3) is 0 Å². The average molecular weight is 278 g/mol. The third-order valence-corrected chi connectivity index (χ3v) is 5.94. The highest BCUT2D eigenvalue weighted by Crippen LogP contribution is 2.38. The van der Waals surface area contributed by atoms with Gasteiger partial charge in [-0.25, -0.2) is 0 Å². The molecule has 3 nitrogen and oxygen atoms in total. The lowest BCUT2D eigenvalue weighted by atomic mass is 9.81. The fourth-order valence-electron chi connectivity index (χ4n) is 4.80. The van der Waals surface area contributed by atoms with E-state index in [4.69, 9.17) is 0 Å². The molecule has 1 aliphatic heterocycles. The predicted octanol–water partition coefficient (Wildman–Crippen LogP) is 3.29. The molecule has 0 aromatic rings. The molecule has 0 bridgehead atoms. The molecule has 0 aromatic carbocycles. The number of hydrogen-bond acceptors (Lipinski definition) is 2. The van der Waals surface area contributed by atoms with Crippen LogP contribution in [-0.2, 0) is 4.79 Å². The summed E-state index contributed by atoms with van der Waals surface area (Å²) in [6.07, 6.45) is 12.1. The maximum atomic E-state index is 12.7. The van der Waals surface area contributed by atoms with Crippen LogP contribution >= 0.6 is 0 Å². The summed E-state index contributed by atoms with van der Waals surface area (Å²) in [7, 11) is 0. The van der Waals surface area contributed by atoms with Gasteiger partial charge in [0.1, 0.15) is 0 Å². The van der Waals surface area contributed by atoms with Crippen LogP contribution in [0.2, 0.25) is 0 Å². The van der Waals surface area contributed by atoms with Gasteiger partial charge in [-0.1, -0.05) is 39.0 Å². The van der Waals surface area contributed by atoms with Crippen LogP contribution in [0.25, 0.3) is 0 Å². The Morgan fingerprint density at radius 3 is 2.45 bits per heavy atom. The molecule has 0 aromatic heterocycles. The van der Waals surface area contributed by atoms with Crippen LogP contribution in [0.3, 0.4) is 0 Å². The third-order valence-electron chi connectivity index (χ3n) is 5.94. The van der Waals surface area contributed by atoms with Gasteiger partial charge in [-0.15, -0.1) is 0 Å². The van der Waals surface area contributed by atoms with Crippen molar-refractivity contribution in [2.45, 2.75) is 89.9 Å². The van der Waals surface area contributed by atoms with E-state index in [1.54, 1.807) is 0 Å². The van der Waals surface area contributed by atoms with Crippen molar-refractivity contribution >= 4 is 5.91 Å². The van der Waals surface area contributed by atoms with Crippen LogP contribution in [0.1, 0.15) is 71.6 Å². The van der Waals surface area contributed by atoms with Crippen LogP contribution in [0.5, 0.6) is 0 Å². The Kier molecular flexibility index (Phi) is 4.34. The fourth-order valence-corrected chi connectivity index (χ4v) is 4.80. The van der Waals surface area contributed by atoms with Crippen molar-refractivity contribution in [2.24, 2.45) is 11.8 Å². The second kappa shape index (κ2) is 6.05. The summed E-state index contributed by atoms with van der Waals surface area (Å²) in [5, 5.41) is 3.61. The molecular weight excluding hydrogens is 248 g/mol. The van der Waals surface area contributed by atoms with Gasteiger partial charge in [-0.2, -0.15) is 0 Å². The standard InChI is InChI=1S/C17H30N2O/c1-3-13-8-6-7-11-15(13)19-16(14-9-4-5-10-14)18-12(2)17(19)20/h12-16,18H,3-11H2,1-2H3. The van der Waals surface area contributed by atoms with Crippen molar-refractivity contribution < 1.29 is 4.79 Å². The largest absolute Gasteiger partial charge is 0.322 e. The number of carbonyl (C=O) groups excluding carboxylic acids is 1. The lowest BCUT2D eigenvalue weighted by Gasteiger charge is -2.42. The van der Waals surface area contributed by atoms with E-state index in [2.05, 4.69) is 17.1 Å². The van der Waals surface area contributed by atoms with Gasteiger partial charge in [-0.3, -0.25) is 10.1 Å². The number of carbonyl (C=O) groups is 1. The first-order valence-electron chi connectivity index (χ1n) is 8.80. The molecule has 4 unspecified atom stereocenters. The van der Waals surface area contributed by atoms with Crippen molar-refractivity contribution in [3.05, 3.63) is 0 Å². The van der Waals surface area contributed by atoms with E-state index < -0.39 is 0 Å². The predicted molar refractivity (Wildman–Crippen MR) is 81.2 cm³/mol. The smallest absolute Gasteiger partial charge is 0.240 e. The first kappa shape index (κ1) is 14.4. The van der Waals surface area contributed by atoms with Gasteiger partial charge in [0.2, 0.25) is 5.91 Å². The van der Waals surface area contributed by atoms with E-state index in [0.717, 1.165) is 5.92 Å². The molecule has 3 aliphatic rings. The zero-order valence-corrected chi connectivity index (χ0v) is 13.1. The van der Waals surface area contributed by atoms with Crippen LogP contribution in [0.15, 0.2) is 0 Å². The molecule has 0 radical (unpaired) electrons. The van der Waals surface area contributed by atoms with E-state index in [1.165, 1.54) is 57.8 Å². The van der Waals surface area contributed by atoms with Gasteiger partial charge in [0, 0.05) is 6.04 Å². The van der Waals surface area contributed by atoms with Crippen molar-refractivity contribution in [3.63, 3.8) is 0 Å². The number of amides is 1. The van der Waals surface area contributed by atoms with Crippen LogP contribution in [0.4, 0.5) is 0 Å². The van der Waals surface area contributed by atoms with E-state index in [0.29, 0.717) is 24.0 Å². The van der Waals surface area contributed by atoms with Gasteiger partial charge in [0.15, 0.2) is 0 Å². The Bertz CT molecular complexity index is 347. The Labute approximate surface area is 123 Å². The maximum Gasteiger partial charge on any atom is 0.240 e. The number of nitrogens with zero attached hydrogens (tertiary/aromatic N) is 1. The highest BCUT2D eigenvalue weighted by molar-refractivity contribution is 5.84. The number of hydrogen-bond donors (Lipinski definition) is 1. The second-order valence-electron chi connectivity index (χ2n) is 7.14. The Morgan fingerprint density at radius 1 is 1.10 bits per heavy atom. The maximum absolute atomic E-state index is 12.7. The molecule has 3 heteroatoms. The molecule has 3 rings (SSSR count). The van der Waals surface area contributed by atoms with Gasteiger partial charge in [0.05, 0.1) is 12.2 Å². The summed E-state index contributed by atoms with van der Waals surface area (Å²) in [6, 6.07) is 0.532. The summed E-state index contributed by atoms with van der Waals surface area (Å²) in [4.78, 5) is 15.0. The summed E-state index contributed by atoms with van der Waals surface area (Å²) in [5.74, 6) is 1.79. The molecule has 1 N–H and O–H groups in total. The molecule has 1 amide bonds. The minimum Gasteiger partial charge on any atom is -0.322 e. The summed E-state index contributed by atoms with van der Waals surface area (Å²) in [5.41, 5.74) is 0. The van der Waals surface area contributed by atoms with Gasteiger partial charge >= 0.3 is 0 Å². The Hall–Kier alpha value is -0.570. The van der Waals surface area contributed by atoms with Crippen molar-refractivity contribution in [1.82, 2.24) is 10.2 Å². The highest BCUT2D eigenvalue weighted by Gasteiger charge is 2.46. The number of nitrogens with one attached hydrogen (secondary N) is 1. The van der Waals surface area contributed by atoms with Gasteiger partial charge in [-0.05, 0) is 44.4 Å². The minimum atomic E-state index is 0.0278. The summed E-state index contributed by atoms with van der Waals surface area (Å²) < 4.78 is 0. The molecule has 1 heterocycles. The van der Waals surface area contributed by atoms with Crippen LogP contribution < -0.4 is 5.32 Å². The van der Waals surface area contributed by atoms with E-state index in [1.807, 2.05) is 6.92 Å². The SMILES string of the molecule is CCC1CCCCC1N1C(=O)C(C)NC1C1CCCC1. The summed E-state index contributed by atoms with van der Waals surface area (Å²) in [6.45, 7) is 4.35. The first-order chi connectivity index (χ1) is 9.72. The lowest BCUT2D eigenvalue weighted by molar-refractivity contribution is -0.135. The monoisotopic (exact) mass is 278 g/mol. The zero-order valence-electron chi connectivity index (χ0n) is 13.1. The summed E-state index contributed by atoms with van der Waals surface area (Å²) >= 11 is 0. The molecule has 20 heavy (non-hydrogen) atoms. The van der Waals surface area contributed by atoms with Gasteiger partial charge < -0.3 is 4.90 Å². The topological polar surface area (TPSA) is 32.3 Å². The van der Waals surface area contributed by atoms with Crippen molar-refractivity contribution in [1.29, 1.82) is 0 Å². The van der Waals surface area contributed by atoms with Crippen molar-refractivity contribution in [3.8, 4) is 0 Å². The molecule has 4 atom stereocenters. The Balaban J connectivity index is 1.80. The molecular formula is C17H30N2O. The molecule has 0 spiro atoms.